The van der Waals surface area contributed by atoms with Gasteiger partial charge in [-0.15, -0.1) is 0 Å². The number of anilines is 2. The molecular formula is C14H9ClFN3O. The van der Waals surface area contributed by atoms with Crippen molar-refractivity contribution in [3.8, 4) is 6.07 Å². The SMILES string of the molecule is N#Cc1ccc(NC(=O)Nc2ccc(F)cc2)c(Cl)c1. The fraction of sp³-hybridized carbons (Fsp3) is 0. The second-order valence-corrected chi connectivity index (χ2v) is 4.30. The fourth-order valence-electron chi connectivity index (χ4n) is 1.50. The van der Waals surface area contributed by atoms with Crippen LogP contribution in [0.5, 0.6) is 0 Å². The Morgan fingerprint density at radius 3 is 2.45 bits per heavy atom. The van der Waals surface area contributed by atoms with Gasteiger partial charge in [0.25, 0.3) is 0 Å². The topological polar surface area (TPSA) is 64.9 Å². The molecule has 2 aromatic rings. The molecule has 0 unspecified atom stereocenters. The quantitative estimate of drug-likeness (QED) is 0.878. The smallest absolute Gasteiger partial charge is 0.308 e. The highest BCUT2D eigenvalue weighted by Gasteiger charge is 2.07. The van der Waals surface area contributed by atoms with Crippen molar-refractivity contribution in [3.63, 3.8) is 0 Å². The van der Waals surface area contributed by atoms with Crippen LogP contribution in [-0.4, -0.2) is 6.03 Å². The minimum Gasteiger partial charge on any atom is -0.308 e. The van der Waals surface area contributed by atoms with Gasteiger partial charge < -0.3 is 10.6 Å². The van der Waals surface area contributed by atoms with E-state index in [1.165, 1.54) is 36.4 Å². The highest BCUT2D eigenvalue weighted by Crippen LogP contribution is 2.23. The molecule has 0 aromatic heterocycles. The monoisotopic (exact) mass is 289 g/mol. The second-order valence-electron chi connectivity index (χ2n) is 3.89. The molecule has 0 aliphatic carbocycles. The van der Waals surface area contributed by atoms with Crippen molar-refractivity contribution in [1.29, 1.82) is 5.26 Å². The normalized spacial score (nSPS) is 9.65. The summed E-state index contributed by atoms with van der Waals surface area (Å²) < 4.78 is 12.7. The van der Waals surface area contributed by atoms with Crippen molar-refractivity contribution >= 4 is 29.0 Å². The first kappa shape index (κ1) is 13.8. The van der Waals surface area contributed by atoms with Gasteiger partial charge in [-0.1, -0.05) is 11.6 Å². The molecule has 0 saturated heterocycles. The van der Waals surface area contributed by atoms with E-state index in [0.29, 0.717) is 16.9 Å². The standard InChI is InChI=1S/C14H9ClFN3O/c15-12-7-9(8-17)1-6-13(12)19-14(20)18-11-4-2-10(16)3-5-11/h1-7H,(H2,18,19,20). The largest absolute Gasteiger partial charge is 0.323 e. The van der Waals surface area contributed by atoms with Crippen LogP contribution in [0.15, 0.2) is 42.5 Å². The average molecular weight is 290 g/mol. The third-order valence-corrected chi connectivity index (χ3v) is 2.76. The molecule has 0 aliphatic heterocycles. The van der Waals surface area contributed by atoms with E-state index in [1.54, 1.807) is 6.07 Å². The number of nitrogens with zero attached hydrogens (tertiary/aromatic N) is 1. The maximum absolute atomic E-state index is 12.7. The van der Waals surface area contributed by atoms with E-state index in [9.17, 15) is 9.18 Å². The first-order chi connectivity index (χ1) is 9.58. The molecule has 2 rings (SSSR count). The molecule has 6 heteroatoms. The van der Waals surface area contributed by atoms with Gasteiger partial charge in [0.2, 0.25) is 0 Å². The molecule has 0 heterocycles. The first-order valence-electron chi connectivity index (χ1n) is 5.62. The second kappa shape index (κ2) is 6.04. The summed E-state index contributed by atoms with van der Waals surface area (Å²) in [6.07, 6.45) is 0. The van der Waals surface area contributed by atoms with Crippen molar-refractivity contribution in [1.82, 2.24) is 0 Å². The summed E-state index contributed by atoms with van der Waals surface area (Å²) in [6, 6.07) is 11.3. The van der Waals surface area contributed by atoms with Crippen molar-refractivity contribution in [3.05, 3.63) is 58.9 Å². The number of hydrogen-bond acceptors (Lipinski definition) is 2. The maximum Gasteiger partial charge on any atom is 0.323 e. The van der Waals surface area contributed by atoms with Crippen LogP contribution < -0.4 is 10.6 Å². The maximum atomic E-state index is 12.7. The van der Waals surface area contributed by atoms with Crippen LogP contribution in [0.3, 0.4) is 0 Å². The number of amides is 2. The predicted octanol–water partition coefficient (Wildman–Crippen LogP) is 3.99. The lowest BCUT2D eigenvalue weighted by Gasteiger charge is -2.09. The van der Waals surface area contributed by atoms with E-state index < -0.39 is 6.03 Å². The van der Waals surface area contributed by atoms with Crippen LogP contribution in [0.1, 0.15) is 5.56 Å². The average Bonchev–Trinajstić information content (AvgIpc) is 2.43. The molecule has 0 radical (unpaired) electrons. The number of carbonyl (C=O) groups excluding carboxylic acids is 1. The lowest BCUT2D eigenvalue weighted by Crippen LogP contribution is -2.19. The zero-order valence-corrected chi connectivity index (χ0v) is 10.9. The molecule has 100 valence electrons. The minimum atomic E-state index is -0.511. The molecule has 2 N–H and O–H groups in total. The number of urea groups is 1. The highest BCUT2D eigenvalue weighted by molar-refractivity contribution is 6.33. The molecule has 0 bridgehead atoms. The van der Waals surface area contributed by atoms with E-state index in [2.05, 4.69) is 10.6 Å². The van der Waals surface area contributed by atoms with Crippen LogP contribution >= 0.6 is 11.6 Å². The summed E-state index contributed by atoms with van der Waals surface area (Å²) in [7, 11) is 0. The van der Waals surface area contributed by atoms with Gasteiger partial charge in [0.05, 0.1) is 22.3 Å². The number of nitrogens with one attached hydrogen (secondary N) is 2. The van der Waals surface area contributed by atoms with Gasteiger partial charge in [-0.25, -0.2) is 9.18 Å². The van der Waals surface area contributed by atoms with Crippen LogP contribution in [0.4, 0.5) is 20.6 Å². The predicted molar refractivity (Wildman–Crippen MR) is 75.2 cm³/mol. The Morgan fingerprint density at radius 1 is 1.15 bits per heavy atom. The molecule has 0 fully saturated rings. The fourth-order valence-corrected chi connectivity index (χ4v) is 1.73. The van der Waals surface area contributed by atoms with E-state index in [-0.39, 0.29) is 10.8 Å². The number of rotatable bonds is 2. The zero-order valence-electron chi connectivity index (χ0n) is 10.2. The summed E-state index contributed by atoms with van der Waals surface area (Å²) in [5, 5.41) is 14.0. The number of nitriles is 1. The van der Waals surface area contributed by atoms with Crippen molar-refractivity contribution in [2.75, 3.05) is 10.6 Å². The molecule has 20 heavy (non-hydrogen) atoms. The summed E-state index contributed by atoms with van der Waals surface area (Å²) in [4.78, 5) is 11.7. The zero-order chi connectivity index (χ0) is 14.5. The lowest BCUT2D eigenvalue weighted by molar-refractivity contribution is 0.262. The van der Waals surface area contributed by atoms with Crippen LogP contribution in [0.2, 0.25) is 5.02 Å². The van der Waals surface area contributed by atoms with Crippen LogP contribution in [-0.2, 0) is 0 Å². The molecule has 0 spiro atoms. The van der Waals surface area contributed by atoms with Crippen LogP contribution in [0, 0.1) is 17.1 Å². The first-order valence-corrected chi connectivity index (χ1v) is 5.99. The summed E-state index contributed by atoms with van der Waals surface area (Å²) in [6.45, 7) is 0. The third-order valence-electron chi connectivity index (χ3n) is 2.45. The van der Waals surface area contributed by atoms with Crippen molar-refractivity contribution in [2.45, 2.75) is 0 Å². The third kappa shape index (κ3) is 3.46. The Kier molecular flexibility index (Phi) is 4.18. The molecule has 0 atom stereocenters. The molecule has 0 saturated carbocycles. The van der Waals surface area contributed by atoms with Gasteiger partial charge in [-0.05, 0) is 42.5 Å². The molecule has 4 nitrogen and oxygen atoms in total. The van der Waals surface area contributed by atoms with Gasteiger partial charge in [-0.2, -0.15) is 5.26 Å². The highest BCUT2D eigenvalue weighted by atomic mass is 35.5. The van der Waals surface area contributed by atoms with Gasteiger partial charge in [0.1, 0.15) is 5.82 Å². The lowest BCUT2D eigenvalue weighted by atomic mass is 10.2. The van der Waals surface area contributed by atoms with Crippen molar-refractivity contribution in [2.24, 2.45) is 0 Å². The molecule has 2 amide bonds. The summed E-state index contributed by atoms with van der Waals surface area (Å²) in [5.41, 5.74) is 1.23. The van der Waals surface area contributed by atoms with Crippen LogP contribution in [0.25, 0.3) is 0 Å². The van der Waals surface area contributed by atoms with Gasteiger partial charge in [-0.3, -0.25) is 0 Å². The molecular weight excluding hydrogens is 281 g/mol. The van der Waals surface area contributed by atoms with Gasteiger partial charge in [0, 0.05) is 5.69 Å². The minimum absolute atomic E-state index is 0.262. The number of benzene rings is 2. The Hall–Kier alpha value is -2.58. The Labute approximate surface area is 119 Å². The Balaban J connectivity index is 2.05. The van der Waals surface area contributed by atoms with E-state index in [0.717, 1.165) is 0 Å². The van der Waals surface area contributed by atoms with E-state index in [1.807, 2.05) is 6.07 Å². The molecule has 0 aliphatic rings. The Bertz CT molecular complexity index is 680. The number of hydrogen-bond donors (Lipinski definition) is 2. The van der Waals surface area contributed by atoms with Gasteiger partial charge >= 0.3 is 6.03 Å². The van der Waals surface area contributed by atoms with Gasteiger partial charge in [0.15, 0.2) is 0 Å². The van der Waals surface area contributed by atoms with E-state index >= 15 is 0 Å². The number of carbonyl (C=O) groups is 1. The number of halogens is 2. The summed E-state index contributed by atoms with van der Waals surface area (Å²) in [5.74, 6) is -0.383. The van der Waals surface area contributed by atoms with Crippen molar-refractivity contribution < 1.29 is 9.18 Å². The van der Waals surface area contributed by atoms with E-state index in [4.69, 9.17) is 16.9 Å². The summed E-state index contributed by atoms with van der Waals surface area (Å²) >= 11 is 5.93. The Morgan fingerprint density at radius 2 is 1.85 bits per heavy atom. The molecule has 2 aromatic carbocycles.